The molecule has 122 valence electrons. The van der Waals surface area contributed by atoms with E-state index in [1.54, 1.807) is 18.9 Å². The minimum atomic E-state index is -0.0720. The summed E-state index contributed by atoms with van der Waals surface area (Å²) in [5, 5.41) is 3.15. The summed E-state index contributed by atoms with van der Waals surface area (Å²) in [6.45, 7) is 4.24. The Morgan fingerprint density at radius 1 is 1.27 bits per heavy atom. The fourth-order valence-corrected chi connectivity index (χ4v) is 3.82. The SMILES string of the molecule is CCC1CCC(NC(=O)C(C)Sc2ccc(OC)cc2)CC1. The lowest BCUT2D eigenvalue weighted by molar-refractivity contribution is -0.121. The van der Waals surface area contributed by atoms with Crippen molar-refractivity contribution >= 4 is 17.7 Å². The number of hydrogen-bond donors (Lipinski definition) is 1. The Labute approximate surface area is 138 Å². The molecule has 0 spiro atoms. The van der Waals surface area contributed by atoms with Gasteiger partial charge in [-0.25, -0.2) is 0 Å². The molecule has 22 heavy (non-hydrogen) atoms. The third-order valence-corrected chi connectivity index (χ3v) is 5.62. The summed E-state index contributed by atoms with van der Waals surface area (Å²) < 4.78 is 5.15. The number of amides is 1. The minimum Gasteiger partial charge on any atom is -0.497 e. The smallest absolute Gasteiger partial charge is 0.233 e. The normalized spacial score (nSPS) is 22.9. The Morgan fingerprint density at radius 3 is 2.45 bits per heavy atom. The van der Waals surface area contributed by atoms with E-state index in [1.165, 1.54) is 19.3 Å². The van der Waals surface area contributed by atoms with Crippen LogP contribution in [-0.2, 0) is 4.79 Å². The third kappa shape index (κ3) is 4.94. The van der Waals surface area contributed by atoms with Gasteiger partial charge in [0.15, 0.2) is 0 Å². The molecule has 0 aliphatic heterocycles. The van der Waals surface area contributed by atoms with E-state index in [4.69, 9.17) is 4.74 Å². The molecule has 1 aliphatic rings. The van der Waals surface area contributed by atoms with E-state index in [2.05, 4.69) is 12.2 Å². The van der Waals surface area contributed by atoms with Crippen LogP contribution in [0.15, 0.2) is 29.2 Å². The van der Waals surface area contributed by atoms with Crippen molar-refractivity contribution < 1.29 is 9.53 Å². The van der Waals surface area contributed by atoms with Gasteiger partial charge in [0.1, 0.15) is 5.75 Å². The molecule has 2 rings (SSSR count). The third-order valence-electron chi connectivity index (χ3n) is 4.51. The minimum absolute atomic E-state index is 0.0720. The Balaban J connectivity index is 1.79. The van der Waals surface area contributed by atoms with Gasteiger partial charge in [-0.1, -0.05) is 13.3 Å². The first-order valence-electron chi connectivity index (χ1n) is 8.23. The molecule has 1 amide bonds. The number of benzene rings is 1. The van der Waals surface area contributed by atoms with Gasteiger partial charge in [-0.15, -0.1) is 11.8 Å². The highest BCUT2D eigenvalue weighted by molar-refractivity contribution is 8.00. The van der Waals surface area contributed by atoms with Crippen molar-refractivity contribution in [1.82, 2.24) is 5.32 Å². The average molecular weight is 321 g/mol. The second kappa shape index (κ2) is 8.47. The highest BCUT2D eigenvalue weighted by atomic mass is 32.2. The van der Waals surface area contributed by atoms with Gasteiger partial charge in [0.2, 0.25) is 5.91 Å². The molecule has 1 saturated carbocycles. The summed E-state index contributed by atoms with van der Waals surface area (Å²) in [5.41, 5.74) is 0. The summed E-state index contributed by atoms with van der Waals surface area (Å²) >= 11 is 1.60. The Bertz CT molecular complexity index is 466. The van der Waals surface area contributed by atoms with Gasteiger partial charge in [-0.05, 0) is 62.8 Å². The van der Waals surface area contributed by atoms with Gasteiger partial charge in [0.05, 0.1) is 12.4 Å². The maximum absolute atomic E-state index is 12.3. The van der Waals surface area contributed by atoms with E-state index in [-0.39, 0.29) is 11.2 Å². The molecule has 3 nitrogen and oxygen atoms in total. The van der Waals surface area contributed by atoms with E-state index in [9.17, 15) is 4.79 Å². The number of rotatable bonds is 6. The number of nitrogens with one attached hydrogen (secondary N) is 1. The predicted octanol–water partition coefficient (Wildman–Crippen LogP) is 4.26. The zero-order valence-corrected chi connectivity index (χ0v) is 14.6. The van der Waals surface area contributed by atoms with Crippen LogP contribution in [0.2, 0.25) is 0 Å². The molecule has 1 atom stereocenters. The van der Waals surface area contributed by atoms with Crippen LogP contribution in [0.4, 0.5) is 0 Å². The summed E-state index contributed by atoms with van der Waals surface area (Å²) in [6, 6.07) is 8.23. The zero-order valence-electron chi connectivity index (χ0n) is 13.8. The van der Waals surface area contributed by atoms with Gasteiger partial charge in [-0.2, -0.15) is 0 Å². The number of carbonyl (C=O) groups excluding carboxylic acids is 1. The zero-order chi connectivity index (χ0) is 15.9. The van der Waals surface area contributed by atoms with Gasteiger partial charge in [0.25, 0.3) is 0 Å². The average Bonchev–Trinajstić information content (AvgIpc) is 2.56. The topological polar surface area (TPSA) is 38.3 Å². The first kappa shape index (κ1) is 17.2. The van der Waals surface area contributed by atoms with E-state index >= 15 is 0 Å². The van der Waals surface area contributed by atoms with Crippen molar-refractivity contribution in [2.75, 3.05) is 7.11 Å². The lowest BCUT2D eigenvalue weighted by Gasteiger charge is -2.29. The van der Waals surface area contributed by atoms with Gasteiger partial charge >= 0.3 is 0 Å². The van der Waals surface area contributed by atoms with Crippen LogP contribution in [0.5, 0.6) is 5.75 Å². The molecular weight excluding hydrogens is 294 g/mol. The molecule has 1 aromatic carbocycles. The first-order valence-corrected chi connectivity index (χ1v) is 9.11. The standard InChI is InChI=1S/C18H27NO2S/c1-4-14-5-7-15(8-6-14)19-18(20)13(2)22-17-11-9-16(21-3)10-12-17/h9-15H,4-8H2,1-3H3,(H,19,20). The van der Waals surface area contributed by atoms with Crippen molar-refractivity contribution in [3.8, 4) is 5.75 Å². The number of hydrogen-bond acceptors (Lipinski definition) is 3. The quantitative estimate of drug-likeness (QED) is 0.796. The van der Waals surface area contributed by atoms with Crippen molar-refractivity contribution in [2.45, 2.75) is 62.1 Å². The largest absolute Gasteiger partial charge is 0.497 e. The number of methoxy groups -OCH3 is 1. The van der Waals surface area contributed by atoms with Gasteiger partial charge in [0, 0.05) is 10.9 Å². The molecule has 1 fully saturated rings. The second-order valence-electron chi connectivity index (χ2n) is 6.07. The Hall–Kier alpha value is -1.16. The highest BCUT2D eigenvalue weighted by Gasteiger charge is 2.23. The molecule has 1 N–H and O–H groups in total. The van der Waals surface area contributed by atoms with Crippen LogP contribution >= 0.6 is 11.8 Å². The molecule has 0 bridgehead atoms. The molecule has 4 heteroatoms. The van der Waals surface area contributed by atoms with Crippen LogP contribution in [-0.4, -0.2) is 24.3 Å². The lowest BCUT2D eigenvalue weighted by Crippen LogP contribution is -2.41. The van der Waals surface area contributed by atoms with E-state index in [1.807, 2.05) is 31.2 Å². The van der Waals surface area contributed by atoms with Crippen molar-refractivity contribution in [2.24, 2.45) is 5.92 Å². The summed E-state index contributed by atoms with van der Waals surface area (Å²) in [7, 11) is 1.66. The van der Waals surface area contributed by atoms with Gasteiger partial charge < -0.3 is 10.1 Å². The first-order chi connectivity index (χ1) is 10.6. The van der Waals surface area contributed by atoms with Crippen molar-refractivity contribution in [3.63, 3.8) is 0 Å². The number of thioether (sulfide) groups is 1. The summed E-state index contributed by atoms with van der Waals surface area (Å²) in [6.07, 6.45) is 6.03. The molecule has 0 aromatic heterocycles. The Morgan fingerprint density at radius 2 is 1.91 bits per heavy atom. The van der Waals surface area contributed by atoms with Gasteiger partial charge in [-0.3, -0.25) is 4.79 Å². The van der Waals surface area contributed by atoms with E-state index in [0.29, 0.717) is 6.04 Å². The summed E-state index contributed by atoms with van der Waals surface area (Å²) in [5.74, 6) is 1.86. The highest BCUT2D eigenvalue weighted by Crippen LogP contribution is 2.28. The molecular formula is C18H27NO2S. The van der Waals surface area contributed by atoms with Crippen LogP contribution in [0.25, 0.3) is 0 Å². The van der Waals surface area contributed by atoms with Crippen LogP contribution in [0.3, 0.4) is 0 Å². The summed E-state index contributed by atoms with van der Waals surface area (Å²) in [4.78, 5) is 13.4. The van der Waals surface area contributed by atoms with Crippen LogP contribution in [0.1, 0.15) is 46.0 Å². The van der Waals surface area contributed by atoms with Crippen molar-refractivity contribution in [1.29, 1.82) is 0 Å². The monoisotopic (exact) mass is 321 g/mol. The molecule has 0 saturated heterocycles. The molecule has 0 heterocycles. The Kier molecular flexibility index (Phi) is 6.62. The molecule has 0 radical (unpaired) electrons. The number of ether oxygens (including phenoxy) is 1. The maximum Gasteiger partial charge on any atom is 0.233 e. The fraction of sp³-hybridized carbons (Fsp3) is 0.611. The molecule has 1 unspecified atom stereocenters. The predicted molar refractivity (Wildman–Crippen MR) is 92.5 cm³/mol. The van der Waals surface area contributed by atoms with Crippen molar-refractivity contribution in [3.05, 3.63) is 24.3 Å². The maximum atomic E-state index is 12.3. The lowest BCUT2D eigenvalue weighted by atomic mass is 9.84. The molecule has 1 aromatic rings. The van der Waals surface area contributed by atoms with Crippen LogP contribution < -0.4 is 10.1 Å². The molecule has 1 aliphatic carbocycles. The van der Waals surface area contributed by atoms with E-state index in [0.717, 1.165) is 29.4 Å². The van der Waals surface area contributed by atoms with Crippen LogP contribution in [0, 0.1) is 5.92 Å². The van der Waals surface area contributed by atoms with E-state index < -0.39 is 0 Å². The second-order valence-corrected chi connectivity index (χ2v) is 7.48. The fourth-order valence-electron chi connectivity index (χ4n) is 2.95. The number of carbonyl (C=O) groups is 1.